The van der Waals surface area contributed by atoms with Crippen LogP contribution in [0.25, 0.3) is 0 Å². The molecule has 0 unspecified atom stereocenters. The molecule has 0 amide bonds. The topological polar surface area (TPSA) is 51.8 Å². The molecule has 1 aromatic carbocycles. The van der Waals surface area contributed by atoms with Crippen molar-refractivity contribution in [2.45, 2.75) is 42.5 Å². The number of nitrogens with zero attached hydrogens (tertiary/aromatic N) is 2. The van der Waals surface area contributed by atoms with E-state index in [1.807, 2.05) is 19.9 Å². The first-order valence-electron chi connectivity index (χ1n) is 6.07. The van der Waals surface area contributed by atoms with Crippen molar-refractivity contribution in [1.82, 2.24) is 9.36 Å². The fraction of sp³-hybridized carbons (Fsp3) is 0.385. The molecule has 0 radical (unpaired) electrons. The van der Waals surface area contributed by atoms with Crippen LogP contribution < -0.4 is 5.73 Å². The fourth-order valence-electron chi connectivity index (χ4n) is 1.63. The Morgan fingerprint density at radius 2 is 2.21 bits per heavy atom. The summed E-state index contributed by atoms with van der Waals surface area (Å²) in [5.74, 6) is 0.622. The molecule has 0 fully saturated rings. The van der Waals surface area contributed by atoms with Gasteiger partial charge in [-0.15, -0.1) is 0 Å². The summed E-state index contributed by atoms with van der Waals surface area (Å²) in [4.78, 5) is 5.36. The number of aromatic nitrogens is 2. The number of hydrogen-bond acceptors (Lipinski definition) is 5. The summed E-state index contributed by atoms with van der Waals surface area (Å²) < 4.78 is 18.7. The molecule has 2 aromatic rings. The molecule has 0 aliphatic heterocycles. The van der Waals surface area contributed by atoms with Crippen LogP contribution in [0, 0.1) is 12.7 Å². The van der Waals surface area contributed by atoms with Gasteiger partial charge in [0.05, 0.1) is 0 Å². The van der Waals surface area contributed by atoms with Gasteiger partial charge in [0.15, 0.2) is 4.34 Å². The van der Waals surface area contributed by atoms with Gasteiger partial charge < -0.3 is 5.73 Å². The van der Waals surface area contributed by atoms with E-state index in [0.717, 1.165) is 27.0 Å². The van der Waals surface area contributed by atoms with Crippen LogP contribution in [0.1, 0.15) is 36.8 Å². The largest absolute Gasteiger partial charge is 0.324 e. The highest BCUT2D eigenvalue weighted by molar-refractivity contribution is 8.01. The molecule has 6 heteroatoms. The zero-order valence-electron chi connectivity index (χ0n) is 11.1. The van der Waals surface area contributed by atoms with Gasteiger partial charge in [-0.3, -0.25) is 0 Å². The van der Waals surface area contributed by atoms with Crippen molar-refractivity contribution in [2.75, 3.05) is 0 Å². The van der Waals surface area contributed by atoms with Crippen molar-refractivity contribution in [3.63, 3.8) is 0 Å². The van der Waals surface area contributed by atoms with Crippen molar-refractivity contribution >= 4 is 23.3 Å². The highest BCUT2D eigenvalue weighted by atomic mass is 32.2. The summed E-state index contributed by atoms with van der Waals surface area (Å²) in [6.45, 7) is 5.62. The first-order valence-corrected chi connectivity index (χ1v) is 7.66. The standard InChI is InChI=1S/C13H16FN3S2/c1-4-12-16-13(19-17-12)18-11-5-7(2)10(14)6-9(11)8(3)15/h5-6,8H,4,15H2,1-3H3/t8-/m1/s1. The van der Waals surface area contributed by atoms with Crippen LogP contribution in [0.4, 0.5) is 4.39 Å². The van der Waals surface area contributed by atoms with Gasteiger partial charge in [0.25, 0.3) is 0 Å². The van der Waals surface area contributed by atoms with Gasteiger partial charge in [0.1, 0.15) is 11.6 Å². The smallest absolute Gasteiger partial charge is 0.174 e. The van der Waals surface area contributed by atoms with E-state index in [0.29, 0.717) is 5.56 Å². The molecule has 19 heavy (non-hydrogen) atoms. The van der Waals surface area contributed by atoms with Gasteiger partial charge in [-0.05, 0) is 48.6 Å². The molecule has 2 rings (SSSR count). The lowest BCUT2D eigenvalue weighted by atomic mass is 10.1. The molecule has 102 valence electrons. The first-order chi connectivity index (χ1) is 9.01. The van der Waals surface area contributed by atoms with Crippen LogP contribution in [-0.4, -0.2) is 9.36 Å². The fourth-order valence-corrected chi connectivity index (χ4v) is 3.60. The molecular formula is C13H16FN3S2. The van der Waals surface area contributed by atoms with E-state index < -0.39 is 0 Å². The molecule has 3 nitrogen and oxygen atoms in total. The molecule has 1 atom stereocenters. The van der Waals surface area contributed by atoms with Crippen LogP contribution in [0.15, 0.2) is 21.4 Å². The number of aryl methyl sites for hydroxylation is 2. The maximum Gasteiger partial charge on any atom is 0.174 e. The average Bonchev–Trinajstić information content (AvgIpc) is 2.81. The molecule has 1 aromatic heterocycles. The van der Waals surface area contributed by atoms with Gasteiger partial charge in [0.2, 0.25) is 0 Å². The molecule has 0 aliphatic carbocycles. The van der Waals surface area contributed by atoms with Crippen molar-refractivity contribution < 1.29 is 4.39 Å². The van der Waals surface area contributed by atoms with Crippen molar-refractivity contribution in [3.05, 3.63) is 34.9 Å². The minimum absolute atomic E-state index is 0.212. The Balaban J connectivity index is 2.35. The summed E-state index contributed by atoms with van der Waals surface area (Å²) in [7, 11) is 0. The van der Waals surface area contributed by atoms with Gasteiger partial charge in [-0.25, -0.2) is 9.37 Å². The van der Waals surface area contributed by atoms with Crippen LogP contribution in [0.3, 0.4) is 0 Å². The Kier molecular flexibility index (Phi) is 4.54. The number of halogens is 1. The Labute approximate surface area is 120 Å². The lowest BCUT2D eigenvalue weighted by Crippen LogP contribution is -2.07. The second-order valence-electron chi connectivity index (χ2n) is 4.36. The van der Waals surface area contributed by atoms with E-state index in [-0.39, 0.29) is 11.9 Å². The number of rotatable bonds is 4. The van der Waals surface area contributed by atoms with E-state index in [1.165, 1.54) is 29.4 Å². The molecule has 2 N–H and O–H groups in total. The van der Waals surface area contributed by atoms with Crippen LogP contribution >= 0.6 is 23.3 Å². The van der Waals surface area contributed by atoms with E-state index in [1.54, 1.807) is 6.92 Å². The lowest BCUT2D eigenvalue weighted by molar-refractivity contribution is 0.610. The normalized spacial score (nSPS) is 12.7. The molecular weight excluding hydrogens is 281 g/mol. The minimum Gasteiger partial charge on any atom is -0.324 e. The SMILES string of the molecule is CCc1nsc(Sc2cc(C)c(F)cc2[C@@H](C)N)n1. The minimum atomic E-state index is -0.219. The van der Waals surface area contributed by atoms with Gasteiger partial charge in [0, 0.05) is 17.4 Å². The molecule has 1 heterocycles. The summed E-state index contributed by atoms with van der Waals surface area (Å²) >= 11 is 2.87. The lowest BCUT2D eigenvalue weighted by Gasteiger charge is -2.12. The molecule has 0 spiro atoms. The van der Waals surface area contributed by atoms with Gasteiger partial charge in [-0.2, -0.15) is 4.37 Å². The van der Waals surface area contributed by atoms with E-state index in [4.69, 9.17) is 5.73 Å². The average molecular weight is 297 g/mol. The number of nitrogens with two attached hydrogens (primary N) is 1. The van der Waals surface area contributed by atoms with Crippen LogP contribution in [0.2, 0.25) is 0 Å². The predicted octanol–water partition coefficient (Wildman–Crippen LogP) is 3.72. The Morgan fingerprint density at radius 3 is 2.79 bits per heavy atom. The number of hydrogen-bond donors (Lipinski definition) is 1. The third-order valence-electron chi connectivity index (χ3n) is 2.74. The third-order valence-corrected chi connectivity index (χ3v) is 4.61. The summed E-state index contributed by atoms with van der Waals surface area (Å²) in [6.07, 6.45) is 0.819. The van der Waals surface area contributed by atoms with Crippen molar-refractivity contribution in [1.29, 1.82) is 0 Å². The number of benzene rings is 1. The Morgan fingerprint density at radius 1 is 1.47 bits per heavy atom. The monoisotopic (exact) mass is 297 g/mol. The molecule has 0 aliphatic rings. The van der Waals surface area contributed by atoms with E-state index >= 15 is 0 Å². The first kappa shape index (κ1) is 14.4. The predicted molar refractivity (Wildman–Crippen MR) is 77.1 cm³/mol. The Hall–Kier alpha value is -0.980. The summed E-state index contributed by atoms with van der Waals surface area (Å²) in [5, 5.41) is 0. The maximum absolute atomic E-state index is 13.6. The second-order valence-corrected chi connectivity index (χ2v) is 6.40. The summed E-state index contributed by atoms with van der Waals surface area (Å²) in [6, 6.07) is 3.13. The highest BCUT2D eigenvalue weighted by Crippen LogP contribution is 2.35. The van der Waals surface area contributed by atoms with E-state index in [9.17, 15) is 4.39 Å². The van der Waals surface area contributed by atoms with Crippen molar-refractivity contribution in [3.8, 4) is 0 Å². The molecule has 0 saturated heterocycles. The quantitative estimate of drug-likeness (QED) is 0.934. The highest BCUT2D eigenvalue weighted by Gasteiger charge is 2.14. The van der Waals surface area contributed by atoms with Gasteiger partial charge >= 0.3 is 0 Å². The molecule has 0 saturated carbocycles. The zero-order valence-corrected chi connectivity index (χ0v) is 12.7. The van der Waals surface area contributed by atoms with Crippen LogP contribution in [0.5, 0.6) is 0 Å². The molecule has 0 bridgehead atoms. The van der Waals surface area contributed by atoms with Crippen LogP contribution in [-0.2, 0) is 6.42 Å². The Bertz CT molecular complexity index is 581. The summed E-state index contributed by atoms with van der Waals surface area (Å²) in [5.41, 5.74) is 7.33. The van der Waals surface area contributed by atoms with Gasteiger partial charge in [-0.1, -0.05) is 18.7 Å². The third kappa shape index (κ3) is 3.32. The van der Waals surface area contributed by atoms with E-state index in [2.05, 4.69) is 9.36 Å². The zero-order chi connectivity index (χ0) is 14.0. The van der Waals surface area contributed by atoms with Crippen molar-refractivity contribution in [2.24, 2.45) is 5.73 Å². The maximum atomic E-state index is 13.6. The second kappa shape index (κ2) is 5.98.